The van der Waals surface area contributed by atoms with Crippen molar-refractivity contribution in [2.75, 3.05) is 38.8 Å². The van der Waals surface area contributed by atoms with E-state index in [1.54, 1.807) is 14.2 Å². The lowest BCUT2D eigenvalue weighted by Crippen LogP contribution is -2.44. The minimum atomic E-state index is -1.05. The zero-order valence-electron chi connectivity index (χ0n) is 27.9. The Bertz CT molecular complexity index is 1290. The smallest absolute Gasteiger partial charge is 0.150 e. The van der Waals surface area contributed by atoms with Crippen LogP contribution in [0.2, 0.25) is 5.02 Å². The van der Waals surface area contributed by atoms with Crippen molar-refractivity contribution in [2.24, 2.45) is 17.8 Å². The number of nitrogens with one attached hydrogen (secondary N) is 1. The zero-order valence-corrected chi connectivity index (χ0v) is 29.5. The fraction of sp³-hybridized carbons (Fsp3) is 0.583. The monoisotopic (exact) mass is 644 g/mol. The van der Waals surface area contributed by atoms with E-state index in [0.717, 1.165) is 61.5 Å². The molecular formula is C36H53ClN2O4S. The van der Waals surface area contributed by atoms with Gasteiger partial charge in [-0.05, 0) is 86.0 Å². The summed E-state index contributed by atoms with van der Waals surface area (Å²) in [7, 11) is 2.47. The first-order valence-electron chi connectivity index (χ1n) is 16.0. The first kappa shape index (κ1) is 36.3. The van der Waals surface area contributed by atoms with Crippen molar-refractivity contribution in [3.05, 3.63) is 70.3 Å². The van der Waals surface area contributed by atoms with Crippen LogP contribution in [-0.2, 0) is 27.6 Å². The first-order valence-corrected chi connectivity index (χ1v) is 17.6. The van der Waals surface area contributed by atoms with Gasteiger partial charge in [0.2, 0.25) is 0 Å². The van der Waals surface area contributed by atoms with E-state index in [4.69, 9.17) is 21.1 Å². The number of halogens is 1. The molecule has 0 saturated carbocycles. The van der Waals surface area contributed by atoms with Crippen LogP contribution in [0.25, 0.3) is 0 Å². The molecule has 0 spiro atoms. The Morgan fingerprint density at radius 2 is 1.91 bits per heavy atom. The molecule has 3 rings (SSSR count). The van der Waals surface area contributed by atoms with Crippen molar-refractivity contribution >= 4 is 34.6 Å². The lowest BCUT2D eigenvalue weighted by atomic mass is 9.78. The third-order valence-corrected chi connectivity index (χ3v) is 11.1. The molecule has 244 valence electrons. The Morgan fingerprint density at radius 1 is 1.16 bits per heavy atom. The van der Waals surface area contributed by atoms with Crippen molar-refractivity contribution in [3.63, 3.8) is 0 Å². The molecule has 8 heteroatoms. The van der Waals surface area contributed by atoms with E-state index in [-0.39, 0.29) is 34.5 Å². The van der Waals surface area contributed by atoms with Gasteiger partial charge in [0, 0.05) is 41.5 Å². The van der Waals surface area contributed by atoms with Crippen molar-refractivity contribution in [1.82, 2.24) is 4.72 Å². The highest BCUT2D eigenvalue weighted by Crippen LogP contribution is 2.41. The van der Waals surface area contributed by atoms with Crippen LogP contribution in [0.15, 0.2) is 48.6 Å². The van der Waals surface area contributed by atoms with E-state index < -0.39 is 11.0 Å². The normalized spacial score (nSPS) is 21.1. The van der Waals surface area contributed by atoms with E-state index >= 15 is 0 Å². The molecule has 1 N–H and O–H groups in total. The third kappa shape index (κ3) is 8.96. The Hall–Kier alpha value is -2.19. The number of aldehydes is 1. The number of nitrogens with zero attached hydrogens (tertiary/aromatic N) is 1. The minimum Gasteiger partial charge on any atom is -0.490 e. The minimum absolute atomic E-state index is 0.0462. The third-order valence-electron chi connectivity index (χ3n) is 9.36. The lowest BCUT2D eigenvalue weighted by molar-refractivity contribution is 0.0638. The van der Waals surface area contributed by atoms with Crippen LogP contribution in [0.5, 0.6) is 5.75 Å². The maximum atomic E-state index is 12.2. The number of ether oxygens (including phenoxy) is 2. The second-order valence-electron chi connectivity index (χ2n) is 12.7. The number of aryl methyl sites for hydroxylation is 1. The number of benzene rings is 2. The van der Waals surface area contributed by atoms with E-state index in [9.17, 15) is 9.00 Å². The molecule has 0 aromatic heterocycles. The molecule has 0 saturated heterocycles. The van der Waals surface area contributed by atoms with Gasteiger partial charge in [0.15, 0.2) is 0 Å². The number of carbonyl (C=O) groups excluding carboxylic acids is 1. The highest BCUT2D eigenvalue weighted by Gasteiger charge is 2.37. The van der Waals surface area contributed by atoms with Gasteiger partial charge >= 0.3 is 0 Å². The van der Waals surface area contributed by atoms with E-state index in [1.807, 2.05) is 31.2 Å². The summed E-state index contributed by atoms with van der Waals surface area (Å²) in [6, 6.07) is 12.0. The number of allylic oxidation sites excluding steroid dienone is 1. The van der Waals surface area contributed by atoms with E-state index in [1.165, 1.54) is 11.1 Å². The second kappa shape index (κ2) is 16.9. The predicted molar refractivity (Wildman–Crippen MR) is 186 cm³/mol. The zero-order chi connectivity index (χ0) is 32.4. The summed E-state index contributed by atoms with van der Waals surface area (Å²) < 4.78 is 27.6. The Morgan fingerprint density at radius 3 is 2.55 bits per heavy atom. The molecule has 1 aliphatic rings. The van der Waals surface area contributed by atoms with E-state index in [0.29, 0.717) is 12.2 Å². The maximum Gasteiger partial charge on any atom is 0.150 e. The highest BCUT2D eigenvalue weighted by molar-refractivity contribution is 7.83. The van der Waals surface area contributed by atoms with Crippen molar-refractivity contribution in [2.45, 2.75) is 84.0 Å². The van der Waals surface area contributed by atoms with Gasteiger partial charge in [-0.25, -0.2) is 8.93 Å². The van der Waals surface area contributed by atoms with Gasteiger partial charge in [-0.2, -0.15) is 0 Å². The largest absolute Gasteiger partial charge is 0.490 e. The molecule has 2 aromatic carbocycles. The van der Waals surface area contributed by atoms with Gasteiger partial charge in [0.05, 0.1) is 29.4 Å². The second-order valence-corrected chi connectivity index (χ2v) is 14.9. The summed E-state index contributed by atoms with van der Waals surface area (Å²) in [5, 5.41) is 0.809. The fourth-order valence-corrected chi connectivity index (χ4v) is 7.67. The molecule has 1 aliphatic heterocycles. The molecular weight excluding hydrogens is 592 g/mol. The molecule has 2 aromatic rings. The Labute approximate surface area is 273 Å². The number of rotatable bonds is 16. The number of anilines is 1. The lowest BCUT2D eigenvalue weighted by Gasteiger charge is -2.38. The molecule has 6 unspecified atom stereocenters. The van der Waals surface area contributed by atoms with E-state index in [2.05, 4.69) is 68.5 Å². The van der Waals surface area contributed by atoms with Gasteiger partial charge in [-0.3, -0.25) is 4.79 Å². The van der Waals surface area contributed by atoms with Gasteiger partial charge < -0.3 is 14.4 Å². The fourth-order valence-electron chi connectivity index (χ4n) is 6.57. The molecule has 0 amide bonds. The quantitative estimate of drug-likeness (QED) is 0.149. The molecule has 7 atom stereocenters. The number of fused-ring (bicyclic) bond motifs is 1. The standard InChI is InChI=1S/C36H53ClN2O4S/c1-9-12-29-20-30(37)16-17-32(29)36(6)23-39(33-19-28(22-40)15-18-35(33)43-24-36)21-26(4)31(10-2)34(42-8)14-11-13-25(3)27(5)44(41)38-7/h11,14-20,22,25-27,31,34,38H,9-10,12-13,21,23-24H2,1-8H3/b14-11+/t25?,26?,27?,31?,34?,36-,44?/m0/s1. The number of hydrogen-bond donors (Lipinski definition) is 1. The number of carbonyl (C=O) groups is 1. The molecule has 6 nitrogen and oxygen atoms in total. The predicted octanol–water partition coefficient (Wildman–Crippen LogP) is 7.79. The molecule has 1 heterocycles. The van der Waals surface area contributed by atoms with Crippen LogP contribution in [0.1, 0.15) is 82.3 Å². The molecule has 0 aliphatic carbocycles. The maximum absolute atomic E-state index is 12.2. The van der Waals surface area contributed by atoms with Crippen molar-refractivity contribution in [1.29, 1.82) is 0 Å². The highest BCUT2D eigenvalue weighted by atomic mass is 35.5. The molecule has 0 fully saturated rings. The van der Waals surface area contributed by atoms with Crippen LogP contribution in [-0.4, -0.2) is 55.7 Å². The van der Waals surface area contributed by atoms with Crippen LogP contribution in [0, 0.1) is 17.8 Å². The summed E-state index contributed by atoms with van der Waals surface area (Å²) in [6.07, 6.45) is 9.01. The summed E-state index contributed by atoms with van der Waals surface area (Å²) in [5.41, 5.74) is 3.82. The Balaban J connectivity index is 1.92. The summed E-state index contributed by atoms with van der Waals surface area (Å²) in [6.45, 7) is 15.2. The first-order chi connectivity index (χ1) is 21.0. The molecule has 0 radical (unpaired) electrons. The van der Waals surface area contributed by atoms with Crippen LogP contribution in [0.4, 0.5) is 5.69 Å². The number of hydrogen-bond acceptors (Lipinski definition) is 5. The SMILES string of the molecule is CCCc1cc(Cl)ccc1[C@]1(C)COc2ccc(C=O)cc2N(CC(C)C(CC)C(/C=C/CC(C)C(C)S(=O)NC)OC)C1. The van der Waals surface area contributed by atoms with Crippen molar-refractivity contribution < 1.29 is 18.5 Å². The molecule has 44 heavy (non-hydrogen) atoms. The van der Waals surface area contributed by atoms with Gasteiger partial charge in [-0.1, -0.05) is 77.3 Å². The molecule has 0 bridgehead atoms. The Kier molecular flexibility index (Phi) is 14.0. The van der Waals surface area contributed by atoms with Crippen LogP contribution >= 0.6 is 11.6 Å². The van der Waals surface area contributed by atoms with Crippen LogP contribution < -0.4 is 14.4 Å². The summed E-state index contributed by atoms with van der Waals surface area (Å²) >= 11 is 6.45. The average Bonchev–Trinajstić information content (AvgIpc) is 3.15. The van der Waals surface area contributed by atoms with Gasteiger partial charge in [-0.15, -0.1) is 0 Å². The summed E-state index contributed by atoms with van der Waals surface area (Å²) in [4.78, 5) is 14.2. The van der Waals surface area contributed by atoms with Gasteiger partial charge in [0.25, 0.3) is 0 Å². The average molecular weight is 645 g/mol. The number of methoxy groups -OCH3 is 1. The summed E-state index contributed by atoms with van der Waals surface area (Å²) in [5.74, 6) is 1.63. The van der Waals surface area contributed by atoms with Crippen LogP contribution in [0.3, 0.4) is 0 Å². The van der Waals surface area contributed by atoms with Gasteiger partial charge in [0.1, 0.15) is 12.0 Å². The van der Waals surface area contributed by atoms with Crippen molar-refractivity contribution in [3.8, 4) is 5.75 Å². The topological polar surface area (TPSA) is 67.9 Å².